The van der Waals surface area contributed by atoms with Crippen molar-refractivity contribution in [2.45, 2.75) is 18.4 Å². The summed E-state index contributed by atoms with van der Waals surface area (Å²) in [6, 6.07) is 7.45. The molecular formula is C13H16N4O3S. The Morgan fingerprint density at radius 2 is 1.90 bits per heavy atom. The lowest BCUT2D eigenvalue weighted by molar-refractivity contribution is 0.181. The van der Waals surface area contributed by atoms with Gasteiger partial charge in [0.25, 0.3) is 10.0 Å². The predicted molar refractivity (Wildman–Crippen MR) is 79.1 cm³/mol. The van der Waals surface area contributed by atoms with Gasteiger partial charge in [-0.2, -0.15) is 0 Å². The van der Waals surface area contributed by atoms with Crippen LogP contribution in [0, 0.1) is 6.92 Å². The van der Waals surface area contributed by atoms with Crippen molar-refractivity contribution < 1.29 is 13.2 Å². The molecule has 112 valence electrons. The lowest BCUT2D eigenvalue weighted by Gasteiger charge is -2.09. The Kier molecular flexibility index (Phi) is 4.39. The first-order valence-corrected chi connectivity index (χ1v) is 7.61. The summed E-state index contributed by atoms with van der Waals surface area (Å²) in [5.41, 5.74) is 6.64. The number of methoxy groups -OCH3 is 1. The third-order valence-electron chi connectivity index (χ3n) is 2.61. The lowest BCUT2D eigenvalue weighted by Crippen LogP contribution is -2.15. The van der Waals surface area contributed by atoms with Crippen LogP contribution in [-0.2, 0) is 21.4 Å². The minimum atomic E-state index is -3.72. The molecule has 3 N–H and O–H groups in total. The summed E-state index contributed by atoms with van der Waals surface area (Å²) in [5, 5.41) is 0. The summed E-state index contributed by atoms with van der Waals surface area (Å²) >= 11 is 0. The maximum absolute atomic E-state index is 12.2. The number of hydrogen-bond donors (Lipinski definition) is 2. The molecule has 0 atom stereocenters. The average molecular weight is 308 g/mol. The van der Waals surface area contributed by atoms with Gasteiger partial charge in [-0.25, -0.2) is 18.4 Å². The number of nitrogens with one attached hydrogen (secondary N) is 1. The van der Waals surface area contributed by atoms with E-state index in [4.69, 9.17) is 10.5 Å². The minimum Gasteiger partial charge on any atom is -0.399 e. The number of rotatable bonds is 5. The molecule has 1 heterocycles. The molecule has 1 aromatic carbocycles. The Morgan fingerprint density at radius 3 is 2.52 bits per heavy atom. The Morgan fingerprint density at radius 1 is 1.24 bits per heavy atom. The highest BCUT2D eigenvalue weighted by Gasteiger charge is 2.15. The Hall–Kier alpha value is -2.19. The molecule has 2 aromatic rings. The maximum atomic E-state index is 12.2. The maximum Gasteiger partial charge on any atom is 0.263 e. The largest absolute Gasteiger partial charge is 0.399 e. The Labute approximate surface area is 123 Å². The van der Waals surface area contributed by atoms with Crippen molar-refractivity contribution in [3.8, 4) is 0 Å². The molecule has 0 aliphatic rings. The summed E-state index contributed by atoms with van der Waals surface area (Å²) < 4.78 is 31.9. The molecule has 0 saturated carbocycles. The van der Waals surface area contributed by atoms with Crippen LogP contribution in [-0.4, -0.2) is 25.5 Å². The van der Waals surface area contributed by atoms with Crippen molar-refractivity contribution in [1.82, 2.24) is 9.97 Å². The van der Waals surface area contributed by atoms with Gasteiger partial charge >= 0.3 is 0 Å². The van der Waals surface area contributed by atoms with Crippen LogP contribution in [0.25, 0.3) is 0 Å². The Bertz CT molecular complexity index is 730. The van der Waals surface area contributed by atoms with E-state index < -0.39 is 10.0 Å². The highest BCUT2D eigenvalue weighted by atomic mass is 32.2. The molecule has 0 fully saturated rings. The molecule has 8 heteroatoms. The smallest absolute Gasteiger partial charge is 0.263 e. The first-order chi connectivity index (χ1) is 9.90. The van der Waals surface area contributed by atoms with E-state index in [2.05, 4.69) is 14.7 Å². The number of aryl methyl sites for hydroxylation is 1. The molecule has 1 aromatic heterocycles. The second-order valence-corrected chi connectivity index (χ2v) is 6.08. The summed E-state index contributed by atoms with van der Waals surface area (Å²) in [5.74, 6) is 0.658. The zero-order valence-electron chi connectivity index (χ0n) is 11.7. The molecule has 0 aliphatic heterocycles. The van der Waals surface area contributed by atoms with Gasteiger partial charge in [-0.05, 0) is 31.2 Å². The van der Waals surface area contributed by atoms with Crippen molar-refractivity contribution in [3.63, 3.8) is 0 Å². The van der Waals surface area contributed by atoms with E-state index in [0.29, 0.717) is 17.2 Å². The molecule has 21 heavy (non-hydrogen) atoms. The van der Waals surface area contributed by atoms with Crippen LogP contribution in [0.5, 0.6) is 0 Å². The number of nitrogens with two attached hydrogens (primary N) is 1. The quantitative estimate of drug-likeness (QED) is 0.807. The molecular weight excluding hydrogens is 292 g/mol. The number of nitrogen functional groups attached to an aromatic ring is 1. The van der Waals surface area contributed by atoms with E-state index in [1.54, 1.807) is 6.92 Å². The third-order valence-corrected chi connectivity index (χ3v) is 3.98. The summed E-state index contributed by atoms with van der Waals surface area (Å²) in [6.45, 7) is 1.96. The summed E-state index contributed by atoms with van der Waals surface area (Å²) in [4.78, 5) is 8.33. The van der Waals surface area contributed by atoms with Gasteiger partial charge in [-0.15, -0.1) is 0 Å². The molecule has 0 bridgehead atoms. The van der Waals surface area contributed by atoms with Gasteiger partial charge in [-0.3, -0.25) is 4.72 Å². The fourth-order valence-electron chi connectivity index (χ4n) is 1.75. The number of benzene rings is 1. The van der Waals surface area contributed by atoms with Gasteiger partial charge in [-0.1, -0.05) is 0 Å². The van der Waals surface area contributed by atoms with Gasteiger partial charge in [0.05, 0.1) is 17.2 Å². The SMILES string of the molecule is COCc1cc(NS(=O)(=O)c2ccc(N)cc2)nc(C)n1. The van der Waals surface area contributed by atoms with E-state index in [-0.39, 0.29) is 17.3 Å². The van der Waals surface area contributed by atoms with E-state index >= 15 is 0 Å². The molecule has 0 radical (unpaired) electrons. The first-order valence-electron chi connectivity index (χ1n) is 6.12. The van der Waals surface area contributed by atoms with Crippen molar-refractivity contribution in [3.05, 3.63) is 41.9 Å². The summed E-state index contributed by atoms with van der Waals surface area (Å²) in [7, 11) is -2.18. The monoisotopic (exact) mass is 308 g/mol. The highest BCUT2D eigenvalue weighted by molar-refractivity contribution is 7.92. The fraction of sp³-hybridized carbons (Fsp3) is 0.231. The van der Waals surface area contributed by atoms with Crippen LogP contribution in [0.15, 0.2) is 35.2 Å². The van der Waals surface area contributed by atoms with Crippen LogP contribution in [0.4, 0.5) is 11.5 Å². The van der Waals surface area contributed by atoms with E-state index in [1.807, 2.05) is 0 Å². The molecule has 0 spiro atoms. The van der Waals surface area contributed by atoms with Crippen LogP contribution in [0.2, 0.25) is 0 Å². The average Bonchev–Trinajstić information content (AvgIpc) is 2.38. The second kappa shape index (κ2) is 6.06. The van der Waals surface area contributed by atoms with E-state index in [1.165, 1.54) is 37.4 Å². The van der Waals surface area contributed by atoms with Crippen molar-refractivity contribution >= 4 is 21.5 Å². The number of nitrogens with zero attached hydrogens (tertiary/aromatic N) is 2. The van der Waals surface area contributed by atoms with Gasteiger partial charge < -0.3 is 10.5 Å². The van der Waals surface area contributed by atoms with E-state index in [0.717, 1.165) is 0 Å². The van der Waals surface area contributed by atoms with Gasteiger partial charge in [0, 0.05) is 18.9 Å². The number of anilines is 2. The van der Waals surface area contributed by atoms with Crippen LogP contribution in [0.1, 0.15) is 11.5 Å². The number of aromatic nitrogens is 2. The van der Waals surface area contributed by atoms with Gasteiger partial charge in [0.1, 0.15) is 11.6 Å². The van der Waals surface area contributed by atoms with Crippen LogP contribution >= 0.6 is 0 Å². The van der Waals surface area contributed by atoms with Crippen LogP contribution in [0.3, 0.4) is 0 Å². The molecule has 2 rings (SSSR count). The third kappa shape index (κ3) is 3.89. The predicted octanol–water partition coefficient (Wildman–Crippen LogP) is 1.31. The molecule has 0 aliphatic carbocycles. The second-order valence-electron chi connectivity index (χ2n) is 4.40. The summed E-state index contributed by atoms with van der Waals surface area (Å²) in [6.07, 6.45) is 0. The molecule has 7 nitrogen and oxygen atoms in total. The molecule has 0 saturated heterocycles. The Balaban J connectivity index is 2.30. The number of ether oxygens (including phenoxy) is 1. The standard InChI is InChI=1S/C13H16N4O3S/c1-9-15-11(8-20-2)7-13(16-9)17-21(18,19)12-5-3-10(14)4-6-12/h3-7H,8,14H2,1-2H3,(H,15,16,17). The zero-order chi connectivity index (χ0) is 15.5. The normalized spacial score (nSPS) is 11.3. The highest BCUT2D eigenvalue weighted by Crippen LogP contribution is 2.16. The molecule has 0 unspecified atom stereocenters. The van der Waals surface area contributed by atoms with Crippen LogP contribution < -0.4 is 10.5 Å². The van der Waals surface area contributed by atoms with Gasteiger partial charge in [0.2, 0.25) is 0 Å². The van der Waals surface area contributed by atoms with Crippen molar-refractivity contribution in [1.29, 1.82) is 0 Å². The number of hydrogen-bond acceptors (Lipinski definition) is 6. The van der Waals surface area contributed by atoms with Crippen molar-refractivity contribution in [2.75, 3.05) is 17.6 Å². The van der Waals surface area contributed by atoms with Gasteiger partial charge in [0.15, 0.2) is 0 Å². The van der Waals surface area contributed by atoms with Crippen molar-refractivity contribution in [2.24, 2.45) is 0 Å². The molecule has 0 amide bonds. The fourth-order valence-corrected chi connectivity index (χ4v) is 2.74. The first kappa shape index (κ1) is 15.2. The minimum absolute atomic E-state index is 0.112. The van der Waals surface area contributed by atoms with E-state index in [9.17, 15) is 8.42 Å². The lowest BCUT2D eigenvalue weighted by atomic mass is 10.3. The zero-order valence-corrected chi connectivity index (χ0v) is 12.5. The number of sulfonamides is 1. The topological polar surface area (TPSA) is 107 Å².